The van der Waals surface area contributed by atoms with Gasteiger partial charge in [0.1, 0.15) is 0 Å². The van der Waals surface area contributed by atoms with E-state index in [9.17, 15) is 13.5 Å². The molecule has 0 spiro atoms. The summed E-state index contributed by atoms with van der Waals surface area (Å²) in [6, 6.07) is 0.0903. The van der Waals surface area contributed by atoms with Crippen molar-refractivity contribution >= 4 is 10.2 Å². The average molecular weight is 250 g/mol. The van der Waals surface area contributed by atoms with Gasteiger partial charge in [0.05, 0.1) is 5.60 Å². The van der Waals surface area contributed by atoms with Crippen LogP contribution in [0.2, 0.25) is 0 Å². The van der Waals surface area contributed by atoms with Crippen molar-refractivity contribution in [3.63, 3.8) is 0 Å². The van der Waals surface area contributed by atoms with Gasteiger partial charge >= 0.3 is 0 Å². The van der Waals surface area contributed by atoms with Crippen molar-refractivity contribution in [3.8, 4) is 0 Å². The molecule has 0 saturated heterocycles. The van der Waals surface area contributed by atoms with E-state index in [1.165, 1.54) is 0 Å². The number of aliphatic hydroxyl groups is 1. The number of hydrogen-bond acceptors (Lipinski definition) is 3. The van der Waals surface area contributed by atoms with E-state index in [2.05, 4.69) is 9.44 Å². The van der Waals surface area contributed by atoms with Gasteiger partial charge in [-0.3, -0.25) is 0 Å². The van der Waals surface area contributed by atoms with Gasteiger partial charge in [-0.25, -0.2) is 0 Å². The molecule has 1 fully saturated rings. The fraction of sp³-hybridized carbons (Fsp3) is 1.00. The van der Waals surface area contributed by atoms with Crippen LogP contribution in [0.3, 0.4) is 0 Å². The van der Waals surface area contributed by atoms with Crippen LogP contribution in [-0.4, -0.2) is 31.7 Å². The van der Waals surface area contributed by atoms with Crippen molar-refractivity contribution < 1.29 is 13.5 Å². The van der Waals surface area contributed by atoms with E-state index < -0.39 is 15.8 Å². The summed E-state index contributed by atoms with van der Waals surface area (Å²) in [6.45, 7) is 5.68. The Morgan fingerprint density at radius 1 is 1.44 bits per heavy atom. The van der Waals surface area contributed by atoms with Crippen LogP contribution in [0.4, 0.5) is 0 Å². The topological polar surface area (TPSA) is 78.4 Å². The Kier molecular flexibility index (Phi) is 4.34. The first-order chi connectivity index (χ1) is 7.20. The van der Waals surface area contributed by atoms with Crippen LogP contribution in [0.15, 0.2) is 0 Å². The zero-order chi connectivity index (χ0) is 12.4. The molecule has 0 aromatic heterocycles. The zero-order valence-corrected chi connectivity index (χ0v) is 11.0. The second kappa shape index (κ2) is 5.00. The lowest BCUT2D eigenvalue weighted by atomic mass is 9.95. The fourth-order valence-corrected chi connectivity index (χ4v) is 2.92. The monoisotopic (exact) mass is 250 g/mol. The molecule has 1 aliphatic rings. The smallest absolute Gasteiger partial charge is 0.277 e. The summed E-state index contributed by atoms with van der Waals surface area (Å²) in [4.78, 5) is 0. The lowest BCUT2D eigenvalue weighted by Gasteiger charge is -2.25. The second-order valence-electron chi connectivity index (χ2n) is 5.31. The predicted octanol–water partition coefficient (Wildman–Crippen LogP) is 0.370. The van der Waals surface area contributed by atoms with Gasteiger partial charge in [0.15, 0.2) is 0 Å². The Balaban J connectivity index is 2.36. The van der Waals surface area contributed by atoms with E-state index in [1.807, 2.05) is 13.8 Å². The van der Waals surface area contributed by atoms with E-state index in [4.69, 9.17) is 0 Å². The summed E-state index contributed by atoms with van der Waals surface area (Å²) >= 11 is 0. The van der Waals surface area contributed by atoms with Crippen molar-refractivity contribution in [3.05, 3.63) is 0 Å². The van der Waals surface area contributed by atoms with Crippen LogP contribution in [-0.2, 0) is 10.2 Å². The normalized spacial score (nSPS) is 21.1. The Morgan fingerprint density at radius 3 is 2.44 bits per heavy atom. The maximum atomic E-state index is 11.5. The highest BCUT2D eigenvalue weighted by atomic mass is 32.2. The molecule has 16 heavy (non-hydrogen) atoms. The molecule has 0 aliphatic heterocycles. The maximum Gasteiger partial charge on any atom is 0.277 e. The average Bonchev–Trinajstić information content (AvgIpc) is 2.82. The van der Waals surface area contributed by atoms with Crippen molar-refractivity contribution in [1.29, 1.82) is 0 Å². The quantitative estimate of drug-likeness (QED) is 0.611. The van der Waals surface area contributed by atoms with E-state index >= 15 is 0 Å². The van der Waals surface area contributed by atoms with Gasteiger partial charge in [-0.1, -0.05) is 13.8 Å². The molecular formula is C10H22N2O3S. The molecule has 0 aromatic carbocycles. The molecule has 1 rings (SSSR count). The molecule has 1 atom stereocenters. The highest BCUT2D eigenvalue weighted by Crippen LogP contribution is 2.19. The summed E-state index contributed by atoms with van der Waals surface area (Å²) in [5.41, 5.74) is -0.994. The van der Waals surface area contributed by atoms with Crippen LogP contribution in [0.1, 0.15) is 40.0 Å². The van der Waals surface area contributed by atoms with E-state index in [0.717, 1.165) is 12.8 Å². The van der Waals surface area contributed by atoms with Gasteiger partial charge in [-0.15, -0.1) is 0 Å². The minimum Gasteiger partial charge on any atom is -0.389 e. The van der Waals surface area contributed by atoms with E-state index in [1.54, 1.807) is 6.92 Å². The molecule has 1 unspecified atom stereocenters. The molecule has 6 heteroatoms. The molecule has 0 bridgehead atoms. The van der Waals surface area contributed by atoms with Crippen LogP contribution in [0, 0.1) is 5.92 Å². The van der Waals surface area contributed by atoms with Gasteiger partial charge in [0.2, 0.25) is 0 Å². The van der Waals surface area contributed by atoms with E-state index in [0.29, 0.717) is 12.3 Å². The van der Waals surface area contributed by atoms with Crippen LogP contribution in [0.25, 0.3) is 0 Å². The Morgan fingerprint density at radius 2 is 2.00 bits per heavy atom. The SMILES string of the molecule is CC(C)CC(C)(O)CNS(=O)(=O)NC1CC1. The predicted molar refractivity (Wildman–Crippen MR) is 63.2 cm³/mol. The molecule has 0 heterocycles. The molecule has 0 aromatic rings. The molecule has 3 N–H and O–H groups in total. The third-order valence-electron chi connectivity index (χ3n) is 2.39. The van der Waals surface area contributed by atoms with Crippen LogP contribution >= 0.6 is 0 Å². The highest BCUT2D eigenvalue weighted by molar-refractivity contribution is 7.87. The molecule has 5 nitrogen and oxygen atoms in total. The van der Waals surface area contributed by atoms with Gasteiger partial charge in [-0.05, 0) is 32.1 Å². The Hall–Kier alpha value is -0.170. The summed E-state index contributed by atoms with van der Waals surface area (Å²) < 4.78 is 27.9. The maximum absolute atomic E-state index is 11.5. The summed E-state index contributed by atoms with van der Waals surface area (Å²) in [5.74, 6) is 0.330. The fourth-order valence-electron chi connectivity index (χ4n) is 1.66. The van der Waals surface area contributed by atoms with E-state index in [-0.39, 0.29) is 12.6 Å². The van der Waals surface area contributed by atoms with Crippen molar-refractivity contribution in [2.24, 2.45) is 5.92 Å². The molecule has 0 amide bonds. The second-order valence-corrected chi connectivity index (χ2v) is 6.84. The summed E-state index contributed by atoms with van der Waals surface area (Å²) in [6.07, 6.45) is 2.38. The number of rotatable bonds is 7. The third-order valence-corrected chi connectivity index (χ3v) is 3.56. The highest BCUT2D eigenvalue weighted by Gasteiger charge is 2.29. The summed E-state index contributed by atoms with van der Waals surface area (Å²) in [5, 5.41) is 9.94. The zero-order valence-electron chi connectivity index (χ0n) is 10.2. The van der Waals surface area contributed by atoms with Crippen molar-refractivity contribution in [2.45, 2.75) is 51.7 Å². The van der Waals surface area contributed by atoms with Crippen LogP contribution < -0.4 is 9.44 Å². The molecular weight excluding hydrogens is 228 g/mol. The van der Waals surface area contributed by atoms with Gasteiger partial charge in [-0.2, -0.15) is 17.9 Å². The van der Waals surface area contributed by atoms with Crippen LogP contribution in [0.5, 0.6) is 0 Å². The summed E-state index contributed by atoms with van der Waals surface area (Å²) in [7, 11) is -3.45. The molecule has 0 radical (unpaired) electrons. The van der Waals surface area contributed by atoms with Gasteiger partial charge in [0, 0.05) is 12.6 Å². The standard InChI is InChI=1S/C10H22N2O3S/c1-8(2)6-10(3,13)7-11-16(14,15)12-9-4-5-9/h8-9,11-13H,4-7H2,1-3H3. The lowest BCUT2D eigenvalue weighted by Crippen LogP contribution is -2.46. The van der Waals surface area contributed by atoms with Crippen molar-refractivity contribution in [2.75, 3.05) is 6.54 Å². The number of nitrogens with one attached hydrogen (secondary N) is 2. The molecule has 96 valence electrons. The first kappa shape index (κ1) is 13.9. The Bertz CT molecular complexity index is 321. The largest absolute Gasteiger partial charge is 0.389 e. The van der Waals surface area contributed by atoms with Crippen molar-refractivity contribution in [1.82, 2.24) is 9.44 Å². The molecule has 1 aliphatic carbocycles. The number of hydrogen-bond donors (Lipinski definition) is 3. The Labute approximate surface area is 97.8 Å². The minimum atomic E-state index is -3.45. The lowest BCUT2D eigenvalue weighted by molar-refractivity contribution is 0.0436. The first-order valence-electron chi connectivity index (χ1n) is 5.69. The first-order valence-corrected chi connectivity index (χ1v) is 7.18. The third kappa shape index (κ3) is 5.79. The van der Waals surface area contributed by atoms with Gasteiger partial charge in [0.25, 0.3) is 10.2 Å². The minimum absolute atomic E-state index is 0.0488. The van der Waals surface area contributed by atoms with Gasteiger partial charge < -0.3 is 5.11 Å². The molecule has 1 saturated carbocycles.